The predicted molar refractivity (Wildman–Crippen MR) is 73.2 cm³/mol. The number of benzene rings is 1. The summed E-state index contributed by atoms with van der Waals surface area (Å²) in [5, 5.41) is 0.0854. The molecule has 9 heteroatoms. The predicted octanol–water partition coefficient (Wildman–Crippen LogP) is 2.42. The molecule has 0 aliphatic carbocycles. The summed E-state index contributed by atoms with van der Waals surface area (Å²) < 4.78 is 53.0. The molecule has 0 unspecified atom stereocenters. The van der Waals surface area contributed by atoms with Crippen LogP contribution in [0, 0.1) is 25.5 Å². The molecule has 0 aliphatic rings. The van der Waals surface area contributed by atoms with Crippen LogP contribution in [0.2, 0.25) is 0 Å². The molecule has 1 aromatic carbocycles. The van der Waals surface area contributed by atoms with Gasteiger partial charge in [-0.25, -0.2) is 22.2 Å². The molecule has 20 heavy (non-hydrogen) atoms. The van der Waals surface area contributed by atoms with Crippen molar-refractivity contribution in [3.05, 3.63) is 34.3 Å². The average molecular weight is 319 g/mol. The summed E-state index contributed by atoms with van der Waals surface area (Å²) >= 11 is 1.10. The van der Waals surface area contributed by atoms with Crippen molar-refractivity contribution in [2.75, 3.05) is 10.5 Å². The van der Waals surface area contributed by atoms with Crippen molar-refractivity contribution in [2.45, 2.75) is 18.7 Å². The van der Waals surface area contributed by atoms with Gasteiger partial charge in [-0.2, -0.15) is 0 Å². The fraction of sp³-hybridized carbons (Fsp3) is 0.182. The second-order valence-corrected chi connectivity index (χ2v) is 6.93. The lowest BCUT2D eigenvalue weighted by Crippen LogP contribution is -2.15. The first-order valence-corrected chi connectivity index (χ1v) is 7.72. The van der Waals surface area contributed by atoms with Gasteiger partial charge in [0.1, 0.15) is 4.90 Å². The molecule has 108 valence electrons. The molecule has 0 bridgehead atoms. The molecular formula is C11H11F2N3O2S2. The molecule has 5 nitrogen and oxygen atoms in total. The smallest absolute Gasteiger partial charge is 0.266 e. The normalized spacial score (nSPS) is 11.6. The van der Waals surface area contributed by atoms with E-state index in [-0.39, 0.29) is 10.8 Å². The maximum Gasteiger partial charge on any atom is 0.266 e. The van der Waals surface area contributed by atoms with Crippen molar-refractivity contribution in [3.63, 3.8) is 0 Å². The first kappa shape index (κ1) is 14.7. The quantitative estimate of drug-likeness (QED) is 0.851. The zero-order chi connectivity index (χ0) is 15.1. The zero-order valence-corrected chi connectivity index (χ0v) is 12.2. The molecule has 0 saturated carbocycles. The highest BCUT2D eigenvalue weighted by Crippen LogP contribution is 2.26. The summed E-state index contributed by atoms with van der Waals surface area (Å²) in [5.41, 5.74) is 5.81. The molecular weight excluding hydrogens is 308 g/mol. The summed E-state index contributed by atoms with van der Waals surface area (Å²) in [5.74, 6) is -2.80. The number of thiazole rings is 1. The molecule has 2 rings (SSSR count). The number of nitrogens with one attached hydrogen (secondary N) is 1. The van der Waals surface area contributed by atoms with Crippen LogP contribution in [-0.2, 0) is 10.0 Å². The Hall–Kier alpha value is -1.74. The lowest BCUT2D eigenvalue weighted by molar-refractivity contribution is 0.486. The molecule has 2 aromatic rings. The van der Waals surface area contributed by atoms with E-state index < -0.39 is 26.6 Å². The number of nitrogens with zero attached hydrogens (tertiary/aromatic N) is 1. The number of halogens is 2. The van der Waals surface area contributed by atoms with E-state index in [9.17, 15) is 17.2 Å². The van der Waals surface area contributed by atoms with Crippen LogP contribution in [-0.4, -0.2) is 13.4 Å². The third kappa shape index (κ3) is 2.73. The second kappa shape index (κ2) is 4.98. The lowest BCUT2D eigenvalue weighted by Gasteiger charge is -2.07. The van der Waals surface area contributed by atoms with Crippen LogP contribution in [0.25, 0.3) is 0 Å². The minimum Gasteiger partial charge on any atom is -0.399 e. The summed E-state index contributed by atoms with van der Waals surface area (Å²) in [6.07, 6.45) is 0. The van der Waals surface area contributed by atoms with Gasteiger partial charge in [0.15, 0.2) is 16.8 Å². The maximum absolute atomic E-state index is 13.6. The Morgan fingerprint density at radius 3 is 2.50 bits per heavy atom. The van der Waals surface area contributed by atoms with E-state index in [4.69, 9.17) is 5.73 Å². The van der Waals surface area contributed by atoms with Crippen LogP contribution < -0.4 is 10.5 Å². The molecule has 0 spiro atoms. The van der Waals surface area contributed by atoms with Crippen LogP contribution in [0.5, 0.6) is 0 Å². The molecule has 1 heterocycles. The van der Waals surface area contributed by atoms with Crippen molar-refractivity contribution in [1.82, 2.24) is 4.98 Å². The van der Waals surface area contributed by atoms with Gasteiger partial charge in [-0.15, -0.1) is 11.3 Å². The minimum atomic E-state index is -4.29. The van der Waals surface area contributed by atoms with Gasteiger partial charge in [0.05, 0.1) is 5.69 Å². The summed E-state index contributed by atoms with van der Waals surface area (Å²) in [7, 11) is -4.29. The van der Waals surface area contributed by atoms with E-state index in [1.165, 1.54) is 0 Å². The van der Waals surface area contributed by atoms with Crippen LogP contribution in [0.3, 0.4) is 0 Å². The van der Waals surface area contributed by atoms with E-state index >= 15 is 0 Å². The monoisotopic (exact) mass is 319 g/mol. The van der Waals surface area contributed by atoms with E-state index in [0.29, 0.717) is 11.8 Å². The first-order valence-electron chi connectivity index (χ1n) is 5.42. The maximum atomic E-state index is 13.6. The SMILES string of the molecule is Cc1nc(NS(=O)(=O)c2cc(N)cc(F)c2F)sc1C. The van der Waals surface area contributed by atoms with Gasteiger partial charge in [0.25, 0.3) is 10.0 Å². The number of aromatic nitrogens is 1. The molecule has 1 aromatic heterocycles. The van der Waals surface area contributed by atoms with Gasteiger partial charge in [-0.05, 0) is 26.0 Å². The van der Waals surface area contributed by atoms with Gasteiger partial charge >= 0.3 is 0 Å². The van der Waals surface area contributed by atoms with Crippen molar-refractivity contribution >= 4 is 32.2 Å². The largest absolute Gasteiger partial charge is 0.399 e. The molecule has 0 amide bonds. The van der Waals surface area contributed by atoms with Crippen molar-refractivity contribution < 1.29 is 17.2 Å². The third-order valence-corrected chi connectivity index (χ3v) is 5.01. The average Bonchev–Trinajstić information content (AvgIpc) is 2.61. The fourth-order valence-electron chi connectivity index (χ4n) is 1.47. The Balaban J connectivity index is 2.45. The third-order valence-electron chi connectivity index (χ3n) is 2.56. The number of hydrogen-bond acceptors (Lipinski definition) is 5. The standard InChI is InChI=1S/C11H11F2N3O2S2/c1-5-6(2)19-11(15-5)16-20(17,18)9-4-7(14)3-8(12)10(9)13/h3-4H,14H2,1-2H3,(H,15,16). The Bertz CT molecular complexity index is 753. The van der Waals surface area contributed by atoms with E-state index in [0.717, 1.165) is 22.3 Å². The Morgan fingerprint density at radius 1 is 1.30 bits per heavy atom. The lowest BCUT2D eigenvalue weighted by atomic mass is 10.3. The highest BCUT2D eigenvalue weighted by molar-refractivity contribution is 7.93. The van der Waals surface area contributed by atoms with Crippen molar-refractivity contribution in [3.8, 4) is 0 Å². The number of nitrogen functional groups attached to an aromatic ring is 1. The molecule has 0 aliphatic heterocycles. The summed E-state index contributed by atoms with van der Waals surface area (Å²) in [6, 6.07) is 1.57. The number of hydrogen-bond donors (Lipinski definition) is 2. The molecule has 0 radical (unpaired) electrons. The van der Waals surface area contributed by atoms with Gasteiger partial charge in [-0.3, -0.25) is 4.72 Å². The molecule has 0 saturated heterocycles. The van der Waals surface area contributed by atoms with Gasteiger partial charge < -0.3 is 5.73 Å². The number of nitrogens with two attached hydrogens (primary N) is 1. The highest BCUT2D eigenvalue weighted by Gasteiger charge is 2.24. The minimum absolute atomic E-state index is 0.0854. The van der Waals surface area contributed by atoms with Crippen molar-refractivity contribution in [1.29, 1.82) is 0 Å². The number of sulfonamides is 1. The van der Waals surface area contributed by atoms with Gasteiger partial charge in [0, 0.05) is 10.6 Å². The number of rotatable bonds is 3. The van der Waals surface area contributed by atoms with Crippen LogP contribution in [0.4, 0.5) is 19.6 Å². The van der Waals surface area contributed by atoms with E-state index in [1.807, 2.05) is 0 Å². The fourth-order valence-corrected chi connectivity index (χ4v) is 3.64. The summed E-state index contributed by atoms with van der Waals surface area (Å²) in [4.78, 5) is 3.95. The molecule has 0 atom stereocenters. The first-order chi connectivity index (χ1) is 9.20. The Kier molecular flexibility index (Phi) is 3.65. The van der Waals surface area contributed by atoms with Crippen molar-refractivity contribution in [2.24, 2.45) is 0 Å². The zero-order valence-electron chi connectivity index (χ0n) is 10.6. The summed E-state index contributed by atoms with van der Waals surface area (Å²) in [6.45, 7) is 3.48. The van der Waals surface area contributed by atoms with E-state index in [1.54, 1.807) is 13.8 Å². The van der Waals surface area contributed by atoms with E-state index in [2.05, 4.69) is 9.71 Å². The van der Waals surface area contributed by atoms with Crippen LogP contribution >= 0.6 is 11.3 Å². The van der Waals surface area contributed by atoms with Gasteiger partial charge in [0.2, 0.25) is 0 Å². The van der Waals surface area contributed by atoms with Crippen LogP contribution in [0.15, 0.2) is 17.0 Å². The topological polar surface area (TPSA) is 85.1 Å². The Labute approximate surface area is 118 Å². The Morgan fingerprint density at radius 2 is 1.95 bits per heavy atom. The molecule has 3 N–H and O–H groups in total. The molecule has 0 fully saturated rings. The van der Waals surface area contributed by atoms with Crippen LogP contribution in [0.1, 0.15) is 10.6 Å². The highest BCUT2D eigenvalue weighted by atomic mass is 32.2. The number of aryl methyl sites for hydroxylation is 2. The second-order valence-electron chi connectivity index (χ2n) is 4.08. The van der Waals surface area contributed by atoms with Gasteiger partial charge in [-0.1, -0.05) is 0 Å². The number of anilines is 2.